The highest BCUT2D eigenvalue weighted by atomic mass is 79.9. The number of nitrogens with two attached hydrogens (primary N) is 1. The van der Waals surface area contributed by atoms with Gasteiger partial charge >= 0.3 is 0 Å². The fourth-order valence-corrected chi connectivity index (χ4v) is 3.42. The Kier molecular flexibility index (Phi) is 5.65. The Labute approximate surface area is 155 Å². The Morgan fingerprint density at radius 2 is 2.16 bits per heavy atom. The van der Waals surface area contributed by atoms with Gasteiger partial charge in [-0.05, 0) is 47.0 Å². The van der Waals surface area contributed by atoms with E-state index in [1.807, 2.05) is 6.07 Å². The predicted molar refractivity (Wildman–Crippen MR) is 100 cm³/mol. The number of anilines is 2. The highest BCUT2D eigenvalue weighted by Crippen LogP contribution is 2.25. The van der Waals surface area contributed by atoms with E-state index in [9.17, 15) is 9.90 Å². The van der Waals surface area contributed by atoms with Gasteiger partial charge in [0.2, 0.25) is 5.78 Å². The van der Waals surface area contributed by atoms with E-state index in [2.05, 4.69) is 31.2 Å². The van der Waals surface area contributed by atoms with Crippen molar-refractivity contribution in [2.75, 3.05) is 17.6 Å². The third-order valence-corrected chi connectivity index (χ3v) is 4.96. The third-order valence-electron chi connectivity index (χ3n) is 4.53. The first-order valence-electron chi connectivity index (χ1n) is 8.39. The average Bonchev–Trinajstić information content (AvgIpc) is 2.63. The lowest BCUT2D eigenvalue weighted by Gasteiger charge is -2.27. The van der Waals surface area contributed by atoms with Gasteiger partial charge in [-0.3, -0.25) is 4.79 Å². The highest BCUT2D eigenvalue weighted by Gasteiger charge is 2.23. The lowest BCUT2D eigenvalue weighted by Crippen LogP contribution is -2.30. The Balaban J connectivity index is 1.72. The second-order valence-corrected chi connectivity index (χ2v) is 7.23. The minimum absolute atomic E-state index is 0.179. The molecular weight excluding hydrogens is 384 g/mol. The first kappa shape index (κ1) is 17.8. The summed E-state index contributed by atoms with van der Waals surface area (Å²) in [6.07, 6.45) is 5.37. The normalized spacial score (nSPS) is 20.2. The van der Waals surface area contributed by atoms with Crippen LogP contribution in [0.2, 0.25) is 0 Å². The lowest BCUT2D eigenvalue weighted by atomic mass is 9.86. The molecule has 4 N–H and O–H groups in total. The molecule has 25 heavy (non-hydrogen) atoms. The van der Waals surface area contributed by atoms with Crippen LogP contribution in [0.4, 0.5) is 11.6 Å². The number of ketones is 1. The molecule has 132 valence electrons. The van der Waals surface area contributed by atoms with E-state index in [4.69, 9.17) is 5.73 Å². The molecule has 1 aliphatic rings. The number of pyridine rings is 2. The average molecular weight is 405 g/mol. The molecule has 3 rings (SSSR count). The summed E-state index contributed by atoms with van der Waals surface area (Å²) in [5.41, 5.74) is 6.44. The van der Waals surface area contributed by atoms with Gasteiger partial charge in [0.05, 0.1) is 11.7 Å². The number of hydrogen-bond donors (Lipinski definition) is 3. The number of carbonyl (C=O) groups is 1. The Morgan fingerprint density at radius 1 is 1.36 bits per heavy atom. The number of aliphatic hydroxyl groups is 1. The summed E-state index contributed by atoms with van der Waals surface area (Å²) in [5.74, 6) is 0.747. The topological polar surface area (TPSA) is 101 Å². The SMILES string of the molecule is Nc1ncc(Br)cc1C(=O)c1cccc(NC[C@H]2CCCC[C@@H]2O)n1. The van der Waals surface area contributed by atoms with Crippen LogP contribution < -0.4 is 11.1 Å². The molecule has 2 atom stereocenters. The van der Waals surface area contributed by atoms with Gasteiger partial charge in [-0.2, -0.15) is 0 Å². The van der Waals surface area contributed by atoms with Crippen LogP contribution in [0.1, 0.15) is 41.7 Å². The number of carbonyl (C=O) groups excluding carboxylic acids is 1. The molecule has 0 aromatic carbocycles. The Morgan fingerprint density at radius 3 is 2.96 bits per heavy atom. The third kappa shape index (κ3) is 4.35. The van der Waals surface area contributed by atoms with Gasteiger partial charge in [0.25, 0.3) is 0 Å². The maximum atomic E-state index is 12.7. The second-order valence-electron chi connectivity index (χ2n) is 6.32. The van der Waals surface area contributed by atoms with Crippen molar-refractivity contribution in [2.24, 2.45) is 5.92 Å². The van der Waals surface area contributed by atoms with Crippen LogP contribution in [-0.2, 0) is 0 Å². The quantitative estimate of drug-likeness (QED) is 0.662. The van der Waals surface area contributed by atoms with Gasteiger partial charge in [-0.1, -0.05) is 18.9 Å². The standard InChI is InChI=1S/C18H21BrN4O2/c19-12-8-13(18(20)22-10-12)17(25)14-5-3-7-16(23-14)21-9-11-4-1-2-6-15(11)24/h3,5,7-8,10-11,15,24H,1-2,4,6,9H2,(H2,20,22)(H,21,23)/t11-,15+/m1/s1. The van der Waals surface area contributed by atoms with E-state index < -0.39 is 0 Å². The Bertz CT molecular complexity index is 768. The zero-order valence-electron chi connectivity index (χ0n) is 13.8. The number of aliphatic hydroxyl groups excluding tert-OH is 1. The zero-order chi connectivity index (χ0) is 17.8. The van der Waals surface area contributed by atoms with Crippen LogP contribution in [0.3, 0.4) is 0 Å². The molecule has 0 aliphatic heterocycles. The molecule has 7 heteroatoms. The zero-order valence-corrected chi connectivity index (χ0v) is 15.4. The molecule has 0 radical (unpaired) electrons. The molecular formula is C18H21BrN4O2. The predicted octanol–water partition coefficient (Wildman–Crippen LogP) is 3.02. The monoisotopic (exact) mass is 404 g/mol. The van der Waals surface area contributed by atoms with E-state index in [0.29, 0.717) is 28.1 Å². The van der Waals surface area contributed by atoms with E-state index >= 15 is 0 Å². The van der Waals surface area contributed by atoms with Gasteiger partial charge in [0, 0.05) is 23.1 Å². The van der Waals surface area contributed by atoms with Crippen molar-refractivity contribution in [3.8, 4) is 0 Å². The van der Waals surface area contributed by atoms with Crippen LogP contribution in [0.15, 0.2) is 34.9 Å². The van der Waals surface area contributed by atoms with Crippen LogP contribution in [0.5, 0.6) is 0 Å². The number of hydrogen-bond acceptors (Lipinski definition) is 6. The van der Waals surface area contributed by atoms with Gasteiger partial charge in [-0.15, -0.1) is 0 Å². The minimum Gasteiger partial charge on any atom is -0.393 e. The first-order valence-corrected chi connectivity index (χ1v) is 9.18. The largest absolute Gasteiger partial charge is 0.393 e. The number of nitrogen functional groups attached to an aromatic ring is 1. The molecule has 0 amide bonds. The van der Waals surface area contributed by atoms with Crippen molar-refractivity contribution in [3.05, 3.63) is 46.2 Å². The molecule has 1 fully saturated rings. The maximum Gasteiger partial charge on any atom is 0.215 e. The molecule has 2 aromatic rings. The lowest BCUT2D eigenvalue weighted by molar-refractivity contribution is 0.0763. The van der Waals surface area contributed by atoms with Gasteiger partial charge in [0.1, 0.15) is 17.3 Å². The van der Waals surface area contributed by atoms with Crippen molar-refractivity contribution < 1.29 is 9.90 Å². The summed E-state index contributed by atoms with van der Waals surface area (Å²) >= 11 is 3.30. The molecule has 0 bridgehead atoms. The molecule has 1 aliphatic carbocycles. The van der Waals surface area contributed by atoms with Crippen molar-refractivity contribution in [3.63, 3.8) is 0 Å². The molecule has 0 spiro atoms. The first-order chi connectivity index (χ1) is 12.0. The molecule has 2 aromatic heterocycles. The van der Waals surface area contributed by atoms with Crippen LogP contribution in [0, 0.1) is 5.92 Å². The van der Waals surface area contributed by atoms with Crippen molar-refractivity contribution in [1.29, 1.82) is 0 Å². The summed E-state index contributed by atoms with van der Waals surface area (Å²) < 4.78 is 0.686. The van der Waals surface area contributed by atoms with Crippen molar-refractivity contribution in [2.45, 2.75) is 31.8 Å². The van der Waals surface area contributed by atoms with Gasteiger partial charge < -0.3 is 16.2 Å². The number of nitrogens with one attached hydrogen (secondary N) is 1. The summed E-state index contributed by atoms with van der Waals surface area (Å²) in [5, 5.41) is 13.3. The number of aromatic nitrogens is 2. The molecule has 6 nitrogen and oxygen atoms in total. The summed E-state index contributed by atoms with van der Waals surface area (Å²) in [6.45, 7) is 0.645. The van der Waals surface area contributed by atoms with E-state index in [1.54, 1.807) is 24.4 Å². The van der Waals surface area contributed by atoms with Crippen molar-refractivity contribution in [1.82, 2.24) is 9.97 Å². The van der Waals surface area contributed by atoms with Gasteiger partial charge in [-0.25, -0.2) is 9.97 Å². The van der Waals surface area contributed by atoms with Crippen LogP contribution in [-0.4, -0.2) is 33.5 Å². The fraction of sp³-hybridized carbons (Fsp3) is 0.389. The van der Waals surface area contributed by atoms with E-state index in [-0.39, 0.29) is 23.6 Å². The maximum absolute atomic E-state index is 12.7. The van der Waals surface area contributed by atoms with E-state index in [1.165, 1.54) is 0 Å². The molecule has 1 saturated carbocycles. The summed E-state index contributed by atoms with van der Waals surface area (Å²) in [4.78, 5) is 21.0. The highest BCUT2D eigenvalue weighted by molar-refractivity contribution is 9.10. The molecule has 2 heterocycles. The second kappa shape index (κ2) is 7.93. The minimum atomic E-state index is -0.271. The number of halogens is 1. The summed E-state index contributed by atoms with van der Waals surface area (Å²) in [7, 11) is 0. The van der Waals surface area contributed by atoms with Crippen molar-refractivity contribution >= 4 is 33.3 Å². The number of nitrogens with zero attached hydrogens (tertiary/aromatic N) is 2. The van der Waals surface area contributed by atoms with Gasteiger partial charge in [0.15, 0.2) is 0 Å². The molecule has 0 saturated heterocycles. The van der Waals surface area contributed by atoms with Crippen LogP contribution >= 0.6 is 15.9 Å². The van der Waals surface area contributed by atoms with E-state index in [0.717, 1.165) is 25.7 Å². The fourth-order valence-electron chi connectivity index (χ4n) is 3.09. The van der Waals surface area contributed by atoms with Crippen LogP contribution in [0.25, 0.3) is 0 Å². The number of rotatable bonds is 5. The smallest absolute Gasteiger partial charge is 0.215 e. The molecule has 0 unspecified atom stereocenters. The Hall–Kier alpha value is -1.99. The summed E-state index contributed by atoms with van der Waals surface area (Å²) in [6, 6.07) is 6.89.